The first kappa shape index (κ1) is 10.9. The fourth-order valence-corrected chi connectivity index (χ4v) is 1.05. The van der Waals surface area contributed by atoms with Crippen LogP contribution < -0.4 is 0 Å². The minimum Gasteiger partial charge on any atom is -0.506 e. The Balaban J connectivity index is 0.000001000. The number of phenols is 1. The van der Waals surface area contributed by atoms with Crippen molar-refractivity contribution in [1.29, 1.82) is 0 Å². The second kappa shape index (κ2) is 4.05. The molecule has 0 amide bonds. The SMILES string of the molecule is C.Oc1ccc(Cl)c(Cl)c1Cl. The van der Waals surface area contributed by atoms with Gasteiger partial charge in [-0.2, -0.15) is 0 Å². The van der Waals surface area contributed by atoms with Gasteiger partial charge in [-0.05, 0) is 12.1 Å². The van der Waals surface area contributed by atoms with E-state index in [1.165, 1.54) is 12.1 Å². The Morgan fingerprint density at radius 3 is 2.00 bits per heavy atom. The number of benzene rings is 1. The van der Waals surface area contributed by atoms with Gasteiger partial charge in [-0.25, -0.2) is 0 Å². The molecular formula is C7H7Cl3O. The van der Waals surface area contributed by atoms with E-state index in [0.717, 1.165) is 0 Å². The molecule has 11 heavy (non-hydrogen) atoms. The Morgan fingerprint density at radius 1 is 1.00 bits per heavy atom. The average Bonchev–Trinajstić information content (AvgIpc) is 1.93. The Hall–Kier alpha value is -0.110. The van der Waals surface area contributed by atoms with Gasteiger partial charge in [0.05, 0.1) is 10.0 Å². The summed E-state index contributed by atoms with van der Waals surface area (Å²) >= 11 is 16.6. The van der Waals surface area contributed by atoms with Crippen molar-refractivity contribution in [3.8, 4) is 5.75 Å². The summed E-state index contributed by atoms with van der Waals surface area (Å²) in [6.45, 7) is 0. The summed E-state index contributed by atoms with van der Waals surface area (Å²) in [6, 6.07) is 2.86. The highest BCUT2D eigenvalue weighted by atomic mass is 35.5. The van der Waals surface area contributed by atoms with E-state index in [2.05, 4.69) is 0 Å². The molecule has 0 aliphatic rings. The van der Waals surface area contributed by atoms with Crippen LogP contribution in [0.5, 0.6) is 5.75 Å². The number of hydrogen-bond acceptors (Lipinski definition) is 1. The van der Waals surface area contributed by atoms with Crippen molar-refractivity contribution < 1.29 is 5.11 Å². The highest BCUT2D eigenvalue weighted by molar-refractivity contribution is 6.48. The molecule has 0 saturated heterocycles. The molecule has 1 nitrogen and oxygen atoms in total. The molecule has 0 atom stereocenters. The van der Waals surface area contributed by atoms with Crippen LogP contribution in [0.3, 0.4) is 0 Å². The van der Waals surface area contributed by atoms with E-state index in [0.29, 0.717) is 5.02 Å². The van der Waals surface area contributed by atoms with Crippen LogP contribution in [0.4, 0.5) is 0 Å². The van der Waals surface area contributed by atoms with Gasteiger partial charge in [-0.1, -0.05) is 42.2 Å². The average molecular weight is 213 g/mol. The summed E-state index contributed by atoms with van der Waals surface area (Å²) < 4.78 is 0. The van der Waals surface area contributed by atoms with E-state index in [4.69, 9.17) is 39.9 Å². The lowest BCUT2D eigenvalue weighted by atomic mass is 10.3. The lowest BCUT2D eigenvalue weighted by molar-refractivity contribution is 0.475. The number of rotatable bonds is 0. The Labute approximate surface area is 80.5 Å². The predicted octanol–water partition coefficient (Wildman–Crippen LogP) is 3.99. The fourth-order valence-electron chi connectivity index (χ4n) is 0.516. The zero-order chi connectivity index (χ0) is 7.72. The maximum absolute atomic E-state index is 8.95. The van der Waals surface area contributed by atoms with Crippen LogP contribution in [0.1, 0.15) is 7.43 Å². The van der Waals surface area contributed by atoms with Crippen molar-refractivity contribution in [3.63, 3.8) is 0 Å². The Morgan fingerprint density at radius 2 is 1.55 bits per heavy atom. The summed E-state index contributed by atoms with van der Waals surface area (Å²) in [4.78, 5) is 0. The molecule has 0 aliphatic heterocycles. The minimum absolute atomic E-state index is 0. The normalized spacial score (nSPS) is 9.00. The van der Waals surface area contributed by atoms with E-state index in [1.807, 2.05) is 0 Å². The number of phenolic OH excluding ortho intramolecular Hbond substituents is 1. The van der Waals surface area contributed by atoms with Crippen LogP contribution in [0, 0.1) is 0 Å². The predicted molar refractivity (Wildman–Crippen MR) is 49.9 cm³/mol. The highest BCUT2D eigenvalue weighted by Crippen LogP contribution is 2.35. The lowest BCUT2D eigenvalue weighted by Crippen LogP contribution is -1.71. The van der Waals surface area contributed by atoms with Crippen LogP contribution in [0.25, 0.3) is 0 Å². The van der Waals surface area contributed by atoms with Gasteiger partial charge in [0.25, 0.3) is 0 Å². The van der Waals surface area contributed by atoms with Crippen LogP contribution in [0.2, 0.25) is 15.1 Å². The first-order valence-corrected chi connectivity index (χ1v) is 3.59. The van der Waals surface area contributed by atoms with Gasteiger partial charge in [0.2, 0.25) is 0 Å². The molecular weight excluding hydrogens is 206 g/mol. The van der Waals surface area contributed by atoms with Crippen molar-refractivity contribution >= 4 is 34.8 Å². The maximum Gasteiger partial charge on any atom is 0.135 e. The zero-order valence-corrected chi connectivity index (χ0v) is 7.00. The summed E-state index contributed by atoms with van der Waals surface area (Å²) in [5.41, 5.74) is 0. The van der Waals surface area contributed by atoms with Crippen molar-refractivity contribution in [1.82, 2.24) is 0 Å². The van der Waals surface area contributed by atoms with Gasteiger partial charge >= 0.3 is 0 Å². The van der Waals surface area contributed by atoms with Gasteiger partial charge in [0, 0.05) is 0 Å². The standard InChI is InChI=1S/C6H3Cl3O.CH4/c7-3-1-2-4(10)6(9)5(3)8;/h1-2,10H;1H4. The van der Waals surface area contributed by atoms with Gasteiger partial charge in [0.15, 0.2) is 0 Å². The fraction of sp³-hybridized carbons (Fsp3) is 0.143. The molecule has 0 aliphatic carbocycles. The molecule has 0 saturated carbocycles. The van der Waals surface area contributed by atoms with E-state index in [-0.39, 0.29) is 23.2 Å². The number of halogens is 3. The van der Waals surface area contributed by atoms with Crippen molar-refractivity contribution in [2.75, 3.05) is 0 Å². The van der Waals surface area contributed by atoms with Crippen LogP contribution in [-0.2, 0) is 0 Å². The molecule has 0 unspecified atom stereocenters. The summed E-state index contributed by atoms with van der Waals surface area (Å²) in [7, 11) is 0. The molecule has 0 fully saturated rings. The first-order chi connectivity index (χ1) is 4.63. The topological polar surface area (TPSA) is 20.2 Å². The Bertz CT molecular complexity index is 233. The van der Waals surface area contributed by atoms with Crippen LogP contribution >= 0.6 is 34.8 Å². The molecule has 0 heterocycles. The summed E-state index contributed by atoms with van der Waals surface area (Å²) in [6.07, 6.45) is 0. The molecule has 1 N–H and O–H groups in total. The summed E-state index contributed by atoms with van der Waals surface area (Å²) in [5, 5.41) is 9.56. The number of hydrogen-bond donors (Lipinski definition) is 1. The van der Waals surface area contributed by atoms with Crippen LogP contribution in [0.15, 0.2) is 12.1 Å². The van der Waals surface area contributed by atoms with E-state index in [9.17, 15) is 0 Å². The second-order valence-corrected chi connectivity index (χ2v) is 2.86. The molecule has 1 aromatic rings. The van der Waals surface area contributed by atoms with E-state index >= 15 is 0 Å². The molecule has 0 aromatic heterocycles. The van der Waals surface area contributed by atoms with Gasteiger partial charge in [-0.3, -0.25) is 0 Å². The monoisotopic (exact) mass is 212 g/mol. The molecule has 4 heteroatoms. The third kappa shape index (κ3) is 2.16. The van der Waals surface area contributed by atoms with Gasteiger partial charge < -0.3 is 5.11 Å². The van der Waals surface area contributed by atoms with Crippen molar-refractivity contribution in [3.05, 3.63) is 27.2 Å². The van der Waals surface area contributed by atoms with Crippen molar-refractivity contribution in [2.45, 2.75) is 7.43 Å². The Kier molecular flexibility index (Phi) is 4.01. The molecule has 62 valence electrons. The second-order valence-electron chi connectivity index (χ2n) is 1.69. The lowest BCUT2D eigenvalue weighted by Gasteiger charge is -1.99. The quantitative estimate of drug-likeness (QED) is 0.646. The third-order valence-electron chi connectivity index (χ3n) is 1.01. The molecule has 0 radical (unpaired) electrons. The molecule has 1 aromatic carbocycles. The highest BCUT2D eigenvalue weighted by Gasteiger charge is 2.06. The first-order valence-electron chi connectivity index (χ1n) is 2.45. The van der Waals surface area contributed by atoms with Gasteiger partial charge in [0.1, 0.15) is 10.8 Å². The van der Waals surface area contributed by atoms with E-state index in [1.54, 1.807) is 0 Å². The van der Waals surface area contributed by atoms with Crippen LogP contribution in [-0.4, -0.2) is 5.11 Å². The smallest absolute Gasteiger partial charge is 0.135 e. The van der Waals surface area contributed by atoms with E-state index < -0.39 is 0 Å². The minimum atomic E-state index is -0.0592. The molecule has 1 rings (SSSR count). The largest absolute Gasteiger partial charge is 0.506 e. The third-order valence-corrected chi connectivity index (χ3v) is 2.30. The number of aromatic hydroxyl groups is 1. The molecule has 0 spiro atoms. The van der Waals surface area contributed by atoms with Crippen molar-refractivity contribution in [2.24, 2.45) is 0 Å². The maximum atomic E-state index is 8.95. The van der Waals surface area contributed by atoms with Gasteiger partial charge in [-0.15, -0.1) is 0 Å². The summed E-state index contributed by atoms with van der Waals surface area (Å²) in [5.74, 6) is -0.0592. The zero-order valence-electron chi connectivity index (χ0n) is 4.74. The molecule has 0 bridgehead atoms.